The minimum atomic E-state index is 0.183. The van der Waals surface area contributed by atoms with Gasteiger partial charge in [0, 0.05) is 11.1 Å². The second kappa shape index (κ2) is 6.03. The van der Waals surface area contributed by atoms with Crippen LogP contribution < -0.4 is 5.32 Å². The Balaban J connectivity index is 2.03. The Kier molecular flexibility index (Phi) is 3.95. The van der Waals surface area contributed by atoms with Crippen molar-refractivity contribution in [2.45, 2.75) is 13.0 Å². The Labute approximate surface area is 122 Å². The van der Waals surface area contributed by atoms with E-state index in [9.17, 15) is 0 Å². The Hall–Kier alpha value is -1.91. The lowest BCUT2D eigenvalue weighted by atomic mass is 10.1. The van der Waals surface area contributed by atoms with Gasteiger partial charge in [0.1, 0.15) is 0 Å². The van der Waals surface area contributed by atoms with Crippen LogP contribution in [0.25, 0.3) is 5.69 Å². The first kappa shape index (κ1) is 13.1. The number of thiophene rings is 1. The van der Waals surface area contributed by atoms with E-state index in [1.165, 1.54) is 10.6 Å². The first-order valence-corrected chi connectivity index (χ1v) is 7.64. The summed E-state index contributed by atoms with van der Waals surface area (Å²) >= 11 is 1.77. The van der Waals surface area contributed by atoms with Crippen LogP contribution in [0.4, 0.5) is 0 Å². The molecule has 0 aliphatic carbocycles. The highest BCUT2D eigenvalue weighted by molar-refractivity contribution is 7.10. The van der Waals surface area contributed by atoms with Crippen LogP contribution >= 0.6 is 11.3 Å². The lowest BCUT2D eigenvalue weighted by molar-refractivity contribution is 0.601. The number of hydrogen-bond acceptors (Lipinski definition) is 3. The third kappa shape index (κ3) is 2.53. The predicted octanol–water partition coefficient (Wildman–Crippen LogP) is 3.63. The van der Waals surface area contributed by atoms with Crippen molar-refractivity contribution in [1.82, 2.24) is 15.1 Å². The fourth-order valence-electron chi connectivity index (χ4n) is 2.33. The molecule has 4 heteroatoms. The summed E-state index contributed by atoms with van der Waals surface area (Å²) in [6, 6.07) is 16.8. The van der Waals surface area contributed by atoms with Crippen molar-refractivity contribution in [1.29, 1.82) is 0 Å². The summed E-state index contributed by atoms with van der Waals surface area (Å²) in [4.78, 5) is 1.31. The quantitative estimate of drug-likeness (QED) is 0.775. The minimum Gasteiger partial charge on any atom is -0.305 e. The van der Waals surface area contributed by atoms with Crippen molar-refractivity contribution in [2.75, 3.05) is 6.54 Å². The highest BCUT2D eigenvalue weighted by Gasteiger charge is 2.18. The van der Waals surface area contributed by atoms with Gasteiger partial charge in [-0.05, 0) is 36.2 Å². The van der Waals surface area contributed by atoms with Crippen LogP contribution in [0.2, 0.25) is 0 Å². The number of benzene rings is 1. The van der Waals surface area contributed by atoms with Crippen LogP contribution in [0.3, 0.4) is 0 Å². The third-order valence-electron chi connectivity index (χ3n) is 3.20. The van der Waals surface area contributed by atoms with E-state index in [4.69, 9.17) is 0 Å². The smallest absolute Gasteiger partial charge is 0.0846 e. The maximum absolute atomic E-state index is 4.48. The number of nitrogens with zero attached hydrogens (tertiary/aromatic N) is 2. The summed E-state index contributed by atoms with van der Waals surface area (Å²) in [5.41, 5.74) is 2.26. The van der Waals surface area contributed by atoms with Gasteiger partial charge >= 0.3 is 0 Å². The molecule has 1 aromatic carbocycles. The highest BCUT2D eigenvalue weighted by atomic mass is 32.1. The monoisotopic (exact) mass is 283 g/mol. The molecule has 0 bridgehead atoms. The molecular formula is C16H17N3S. The Morgan fingerprint density at radius 3 is 2.70 bits per heavy atom. The summed E-state index contributed by atoms with van der Waals surface area (Å²) in [5, 5.41) is 10.1. The van der Waals surface area contributed by atoms with Crippen molar-refractivity contribution in [3.05, 3.63) is 70.7 Å². The molecule has 0 amide bonds. The van der Waals surface area contributed by atoms with E-state index in [1.54, 1.807) is 11.3 Å². The molecule has 0 aliphatic rings. The molecule has 1 N–H and O–H groups in total. The van der Waals surface area contributed by atoms with Gasteiger partial charge in [-0.15, -0.1) is 11.3 Å². The van der Waals surface area contributed by atoms with Gasteiger partial charge in [0.15, 0.2) is 0 Å². The van der Waals surface area contributed by atoms with Crippen LogP contribution in [0, 0.1) is 0 Å². The van der Waals surface area contributed by atoms with Crippen molar-refractivity contribution >= 4 is 11.3 Å². The third-order valence-corrected chi connectivity index (χ3v) is 4.14. The van der Waals surface area contributed by atoms with Crippen LogP contribution in [-0.4, -0.2) is 16.3 Å². The van der Waals surface area contributed by atoms with Gasteiger partial charge in [0.2, 0.25) is 0 Å². The van der Waals surface area contributed by atoms with Gasteiger partial charge in [-0.3, -0.25) is 0 Å². The molecule has 2 aromatic heterocycles. The summed E-state index contributed by atoms with van der Waals surface area (Å²) < 4.78 is 2.01. The van der Waals surface area contributed by atoms with Gasteiger partial charge in [0.25, 0.3) is 0 Å². The van der Waals surface area contributed by atoms with Crippen LogP contribution in [-0.2, 0) is 0 Å². The van der Waals surface area contributed by atoms with E-state index in [-0.39, 0.29) is 6.04 Å². The SMILES string of the molecule is CCNC(c1cccs1)c1ccnn1-c1ccccc1. The van der Waals surface area contributed by atoms with Crippen LogP contribution in [0.5, 0.6) is 0 Å². The Morgan fingerprint density at radius 1 is 1.15 bits per heavy atom. The molecule has 0 aliphatic heterocycles. The average Bonchev–Trinajstić information content (AvgIpc) is 3.17. The molecule has 0 radical (unpaired) electrons. The highest BCUT2D eigenvalue weighted by Crippen LogP contribution is 2.27. The lowest BCUT2D eigenvalue weighted by Gasteiger charge is -2.18. The molecule has 20 heavy (non-hydrogen) atoms. The van der Waals surface area contributed by atoms with E-state index in [0.717, 1.165) is 12.2 Å². The molecule has 3 nitrogen and oxygen atoms in total. The average molecular weight is 283 g/mol. The molecule has 2 heterocycles. The molecule has 0 saturated carbocycles. The Morgan fingerprint density at radius 2 is 2.00 bits per heavy atom. The van der Waals surface area contributed by atoms with Crippen molar-refractivity contribution in [3.8, 4) is 5.69 Å². The zero-order valence-electron chi connectivity index (χ0n) is 11.4. The normalized spacial score (nSPS) is 12.4. The Bertz CT molecular complexity index is 643. The molecule has 102 valence electrons. The standard InChI is InChI=1S/C16H17N3S/c1-2-17-16(15-9-6-12-20-15)14-10-11-18-19(14)13-7-4-3-5-8-13/h3-12,16-17H,2H2,1H3. The molecule has 3 aromatic rings. The van der Waals surface area contributed by atoms with E-state index in [2.05, 4.69) is 53.1 Å². The first-order chi connectivity index (χ1) is 9.90. The molecular weight excluding hydrogens is 266 g/mol. The lowest BCUT2D eigenvalue weighted by Crippen LogP contribution is -2.23. The van der Waals surface area contributed by atoms with Gasteiger partial charge in [-0.2, -0.15) is 5.10 Å². The van der Waals surface area contributed by atoms with Gasteiger partial charge in [-0.1, -0.05) is 31.2 Å². The maximum atomic E-state index is 4.48. The fourth-order valence-corrected chi connectivity index (χ4v) is 3.14. The van der Waals surface area contributed by atoms with E-state index in [0.29, 0.717) is 0 Å². The van der Waals surface area contributed by atoms with Gasteiger partial charge < -0.3 is 5.32 Å². The largest absolute Gasteiger partial charge is 0.305 e. The molecule has 1 atom stereocenters. The summed E-state index contributed by atoms with van der Waals surface area (Å²) in [6.45, 7) is 3.05. The summed E-state index contributed by atoms with van der Waals surface area (Å²) in [7, 11) is 0. The molecule has 3 rings (SSSR count). The number of rotatable bonds is 5. The number of nitrogens with one attached hydrogen (secondary N) is 1. The van der Waals surface area contributed by atoms with Crippen LogP contribution in [0.15, 0.2) is 60.1 Å². The van der Waals surface area contributed by atoms with E-state index in [1.807, 2.05) is 29.1 Å². The van der Waals surface area contributed by atoms with E-state index < -0.39 is 0 Å². The number of hydrogen-bond donors (Lipinski definition) is 1. The van der Waals surface area contributed by atoms with Gasteiger partial charge in [0.05, 0.1) is 17.4 Å². The van der Waals surface area contributed by atoms with Crippen molar-refractivity contribution in [3.63, 3.8) is 0 Å². The molecule has 1 unspecified atom stereocenters. The second-order valence-electron chi connectivity index (χ2n) is 4.51. The van der Waals surface area contributed by atoms with Crippen LogP contribution in [0.1, 0.15) is 23.5 Å². The molecule has 0 saturated heterocycles. The van der Waals surface area contributed by atoms with Crippen molar-refractivity contribution < 1.29 is 0 Å². The van der Waals surface area contributed by atoms with Gasteiger partial charge in [-0.25, -0.2) is 4.68 Å². The van der Waals surface area contributed by atoms with Crippen molar-refractivity contribution in [2.24, 2.45) is 0 Å². The molecule has 0 fully saturated rings. The topological polar surface area (TPSA) is 29.9 Å². The maximum Gasteiger partial charge on any atom is 0.0846 e. The molecule has 0 spiro atoms. The first-order valence-electron chi connectivity index (χ1n) is 6.76. The van der Waals surface area contributed by atoms with E-state index >= 15 is 0 Å². The fraction of sp³-hybridized carbons (Fsp3) is 0.188. The zero-order valence-corrected chi connectivity index (χ0v) is 12.2. The number of aromatic nitrogens is 2. The summed E-state index contributed by atoms with van der Waals surface area (Å²) in [5.74, 6) is 0. The second-order valence-corrected chi connectivity index (χ2v) is 5.49. The predicted molar refractivity (Wildman–Crippen MR) is 83.4 cm³/mol. The minimum absolute atomic E-state index is 0.183. The zero-order chi connectivity index (χ0) is 13.8. The summed E-state index contributed by atoms with van der Waals surface area (Å²) in [6.07, 6.45) is 1.86. The number of para-hydroxylation sites is 1.